The molecule has 2 aromatic rings. The van der Waals surface area contributed by atoms with Crippen molar-refractivity contribution in [1.82, 2.24) is 9.55 Å². The first-order valence-corrected chi connectivity index (χ1v) is 7.54. The van der Waals surface area contributed by atoms with Crippen LogP contribution in [0.3, 0.4) is 0 Å². The van der Waals surface area contributed by atoms with Gasteiger partial charge < -0.3 is 9.30 Å². The van der Waals surface area contributed by atoms with Gasteiger partial charge in [-0.05, 0) is 36.8 Å². The van der Waals surface area contributed by atoms with Crippen LogP contribution in [0.5, 0.6) is 5.75 Å². The van der Waals surface area contributed by atoms with Gasteiger partial charge in [-0.1, -0.05) is 13.8 Å². The summed E-state index contributed by atoms with van der Waals surface area (Å²) >= 11 is 6.31. The third kappa shape index (κ3) is 2.28. The Bertz CT molecular complexity index is 645. The van der Waals surface area contributed by atoms with E-state index in [9.17, 15) is 0 Å². The van der Waals surface area contributed by atoms with Crippen molar-refractivity contribution in [3.8, 4) is 5.75 Å². The van der Waals surface area contributed by atoms with E-state index >= 15 is 0 Å². The summed E-state index contributed by atoms with van der Waals surface area (Å²) in [4.78, 5) is 4.69. The topological polar surface area (TPSA) is 27.1 Å². The van der Waals surface area contributed by atoms with Crippen molar-refractivity contribution in [2.45, 2.75) is 39.1 Å². The van der Waals surface area contributed by atoms with Crippen LogP contribution in [0.2, 0.25) is 0 Å². The van der Waals surface area contributed by atoms with Gasteiger partial charge in [-0.25, -0.2) is 4.98 Å². The molecule has 0 aliphatic heterocycles. The van der Waals surface area contributed by atoms with E-state index < -0.39 is 0 Å². The second kappa shape index (κ2) is 4.66. The van der Waals surface area contributed by atoms with Gasteiger partial charge in [0.2, 0.25) is 0 Å². The molecule has 0 bridgehead atoms. The number of hydrogen-bond acceptors (Lipinski definition) is 2. The molecule has 0 N–H and O–H groups in total. The van der Waals surface area contributed by atoms with Crippen LogP contribution >= 0.6 is 11.6 Å². The van der Waals surface area contributed by atoms with Crippen molar-refractivity contribution in [1.29, 1.82) is 0 Å². The van der Waals surface area contributed by atoms with Crippen molar-refractivity contribution < 1.29 is 4.74 Å². The second-order valence-corrected chi connectivity index (χ2v) is 7.10. The van der Waals surface area contributed by atoms with Crippen LogP contribution in [0, 0.1) is 11.3 Å². The van der Waals surface area contributed by atoms with Crippen LogP contribution in [0.25, 0.3) is 11.0 Å². The zero-order chi connectivity index (χ0) is 14.5. The summed E-state index contributed by atoms with van der Waals surface area (Å²) in [6, 6.07) is 6.01. The van der Waals surface area contributed by atoms with Gasteiger partial charge in [0.25, 0.3) is 0 Å². The fourth-order valence-electron chi connectivity index (χ4n) is 2.85. The van der Waals surface area contributed by atoms with Crippen LogP contribution < -0.4 is 4.74 Å². The molecular weight excluding hydrogens is 272 g/mol. The maximum Gasteiger partial charge on any atom is 0.127 e. The summed E-state index contributed by atoms with van der Waals surface area (Å²) < 4.78 is 7.61. The minimum atomic E-state index is -0.0877. The molecule has 0 radical (unpaired) electrons. The van der Waals surface area contributed by atoms with Gasteiger partial charge in [0, 0.05) is 12.6 Å². The highest BCUT2D eigenvalue weighted by Gasteiger charge is 2.45. The van der Waals surface area contributed by atoms with Gasteiger partial charge in [0.05, 0.1) is 23.5 Å². The van der Waals surface area contributed by atoms with E-state index in [1.54, 1.807) is 7.11 Å². The quantitative estimate of drug-likeness (QED) is 0.782. The monoisotopic (exact) mass is 292 g/mol. The lowest BCUT2D eigenvalue weighted by Crippen LogP contribution is -2.08. The number of methoxy groups -OCH3 is 1. The van der Waals surface area contributed by atoms with Crippen LogP contribution in [0.4, 0.5) is 0 Å². The number of rotatable bonds is 4. The van der Waals surface area contributed by atoms with E-state index in [1.165, 1.54) is 6.42 Å². The number of imidazole rings is 1. The molecule has 108 valence electrons. The Morgan fingerprint density at radius 2 is 2.20 bits per heavy atom. The summed E-state index contributed by atoms with van der Waals surface area (Å²) in [5.41, 5.74) is 2.56. The number of ether oxygens (including phenoxy) is 1. The minimum absolute atomic E-state index is 0.0877. The molecule has 1 aromatic heterocycles. The average molecular weight is 293 g/mol. The van der Waals surface area contributed by atoms with Crippen LogP contribution in [0.1, 0.15) is 38.4 Å². The van der Waals surface area contributed by atoms with Crippen LogP contribution in [0.15, 0.2) is 18.2 Å². The molecule has 0 saturated heterocycles. The maximum atomic E-state index is 6.31. The molecule has 1 heterocycles. The lowest BCUT2D eigenvalue weighted by Gasteiger charge is -2.12. The largest absolute Gasteiger partial charge is 0.497 e. The average Bonchev–Trinajstić information content (AvgIpc) is 2.83. The second-order valence-electron chi connectivity index (χ2n) is 6.44. The highest BCUT2D eigenvalue weighted by molar-refractivity contribution is 6.20. The van der Waals surface area contributed by atoms with E-state index in [-0.39, 0.29) is 5.38 Å². The fourth-order valence-corrected chi connectivity index (χ4v) is 3.02. The molecule has 1 saturated carbocycles. The molecule has 3 rings (SSSR count). The third-order valence-electron chi connectivity index (χ3n) is 4.46. The highest BCUT2D eigenvalue weighted by atomic mass is 35.5. The normalized spacial score (nSPS) is 21.9. The Morgan fingerprint density at radius 1 is 1.50 bits per heavy atom. The summed E-state index contributed by atoms with van der Waals surface area (Å²) in [6.07, 6.45) is 1.27. The molecule has 2 unspecified atom stereocenters. The molecule has 1 aliphatic carbocycles. The number of hydrogen-bond donors (Lipinski definition) is 0. The van der Waals surface area contributed by atoms with Crippen molar-refractivity contribution in [3.05, 3.63) is 24.0 Å². The lowest BCUT2D eigenvalue weighted by atomic mass is 10.1. The van der Waals surface area contributed by atoms with E-state index in [0.717, 1.165) is 29.2 Å². The Morgan fingerprint density at radius 3 is 2.75 bits per heavy atom. The van der Waals surface area contributed by atoms with Gasteiger partial charge in [0.15, 0.2) is 0 Å². The van der Waals surface area contributed by atoms with Gasteiger partial charge in [-0.15, -0.1) is 11.6 Å². The summed E-state index contributed by atoms with van der Waals surface area (Å²) in [5, 5.41) is -0.0877. The Labute approximate surface area is 124 Å². The number of benzene rings is 1. The predicted molar refractivity (Wildman–Crippen MR) is 82.4 cm³/mol. The first-order valence-electron chi connectivity index (χ1n) is 7.10. The molecule has 2 atom stereocenters. The predicted octanol–water partition coefficient (Wildman–Crippen LogP) is 4.39. The molecule has 1 aromatic carbocycles. The molecule has 4 heteroatoms. The third-order valence-corrected chi connectivity index (χ3v) is 4.66. The van der Waals surface area contributed by atoms with Crippen molar-refractivity contribution in [3.63, 3.8) is 0 Å². The standard InChI is InChI=1S/C16H21ClN2O/c1-10(17)15-18-13-6-5-12(20-4)7-14(13)19(15)9-11-8-16(11,2)3/h5-7,10-11H,8-9H2,1-4H3. The van der Waals surface area contributed by atoms with Crippen molar-refractivity contribution in [2.75, 3.05) is 7.11 Å². The molecular formula is C16H21ClN2O. The molecule has 1 fully saturated rings. The molecule has 3 nitrogen and oxygen atoms in total. The van der Waals surface area contributed by atoms with E-state index in [0.29, 0.717) is 11.3 Å². The smallest absolute Gasteiger partial charge is 0.127 e. The number of halogens is 1. The van der Waals surface area contributed by atoms with E-state index in [2.05, 4.69) is 24.5 Å². The Hall–Kier alpha value is -1.22. The van der Waals surface area contributed by atoms with Crippen LogP contribution in [-0.2, 0) is 6.54 Å². The van der Waals surface area contributed by atoms with Gasteiger partial charge in [-0.3, -0.25) is 0 Å². The summed E-state index contributed by atoms with van der Waals surface area (Å²) in [7, 11) is 1.69. The van der Waals surface area contributed by atoms with Gasteiger partial charge in [-0.2, -0.15) is 0 Å². The molecule has 0 spiro atoms. The van der Waals surface area contributed by atoms with Crippen molar-refractivity contribution in [2.24, 2.45) is 11.3 Å². The van der Waals surface area contributed by atoms with E-state index in [4.69, 9.17) is 21.3 Å². The fraction of sp³-hybridized carbons (Fsp3) is 0.562. The first kappa shape index (κ1) is 13.7. The number of aromatic nitrogens is 2. The Balaban J connectivity index is 2.07. The van der Waals surface area contributed by atoms with E-state index in [1.807, 2.05) is 19.1 Å². The summed E-state index contributed by atoms with van der Waals surface area (Å²) in [6.45, 7) is 7.61. The van der Waals surface area contributed by atoms with Gasteiger partial charge in [0.1, 0.15) is 11.6 Å². The van der Waals surface area contributed by atoms with Crippen molar-refractivity contribution >= 4 is 22.6 Å². The lowest BCUT2D eigenvalue weighted by molar-refractivity contribution is 0.415. The maximum absolute atomic E-state index is 6.31. The SMILES string of the molecule is COc1ccc2nc(C(C)Cl)n(CC3CC3(C)C)c2c1. The molecule has 20 heavy (non-hydrogen) atoms. The highest BCUT2D eigenvalue weighted by Crippen LogP contribution is 2.53. The molecule has 1 aliphatic rings. The zero-order valence-electron chi connectivity index (χ0n) is 12.5. The minimum Gasteiger partial charge on any atom is -0.497 e. The number of nitrogens with zero attached hydrogens (tertiary/aromatic N) is 2. The Kier molecular flexibility index (Phi) is 3.20. The van der Waals surface area contributed by atoms with Gasteiger partial charge >= 0.3 is 0 Å². The van der Waals surface area contributed by atoms with Crippen LogP contribution in [-0.4, -0.2) is 16.7 Å². The summed E-state index contributed by atoms with van der Waals surface area (Å²) in [5.74, 6) is 2.53. The molecule has 0 amide bonds. The first-order chi connectivity index (χ1) is 9.42. The zero-order valence-corrected chi connectivity index (χ0v) is 13.2. The number of alkyl halides is 1. The number of fused-ring (bicyclic) bond motifs is 1.